The molecule has 9 aromatic rings. The van der Waals surface area contributed by atoms with Crippen LogP contribution in [-0.2, 0) is 0 Å². The Morgan fingerprint density at radius 3 is 2.11 bits per heavy atom. The minimum Gasteiger partial charge on any atom is -0.438 e. The average Bonchev–Trinajstić information content (AvgIpc) is 3.63. The number of para-hydroxylation sites is 3. The van der Waals surface area contributed by atoms with E-state index in [0.29, 0.717) is 11.5 Å². The molecule has 0 unspecified atom stereocenters. The normalized spacial score (nSPS) is 12.2. The Bertz CT molecular complexity index is 2340. The van der Waals surface area contributed by atoms with Crippen LogP contribution in [0.25, 0.3) is 82.8 Å². The SMILES string of the molecule is c1ccc(-c2nc(-c3ccc4c5cccc6c7ccccc7n(c4c3)c65)nc3oc4ccccc4c23)cc1. The summed E-state index contributed by atoms with van der Waals surface area (Å²) < 4.78 is 8.64. The van der Waals surface area contributed by atoms with E-state index >= 15 is 0 Å². The van der Waals surface area contributed by atoms with Crippen molar-refractivity contribution >= 4 is 60.2 Å². The number of furan rings is 1. The predicted octanol–water partition coefficient (Wildman–Crippen LogP) is 8.86. The first kappa shape index (κ1) is 19.9. The number of nitrogens with zero attached hydrogens (tertiary/aromatic N) is 3. The molecule has 176 valence electrons. The van der Waals surface area contributed by atoms with E-state index < -0.39 is 0 Å². The third-order valence-electron chi connectivity index (χ3n) is 7.77. The molecular formula is C34H19N3O. The number of hydrogen-bond donors (Lipinski definition) is 0. The van der Waals surface area contributed by atoms with Crippen LogP contribution in [0.5, 0.6) is 0 Å². The predicted molar refractivity (Wildman–Crippen MR) is 155 cm³/mol. The molecule has 0 radical (unpaired) electrons. The molecule has 38 heavy (non-hydrogen) atoms. The lowest BCUT2D eigenvalue weighted by Crippen LogP contribution is -1.94. The van der Waals surface area contributed by atoms with E-state index in [2.05, 4.69) is 83.3 Å². The second-order valence-electron chi connectivity index (χ2n) is 9.83. The average molecular weight is 486 g/mol. The van der Waals surface area contributed by atoms with E-state index in [1.165, 1.54) is 32.6 Å². The standard InChI is InChI=1S/C34H19N3O/c1-2-9-20(10-3-1)31-30-26-12-5-7-16-29(26)38-34(30)36-33(35-31)21-17-18-23-25-14-8-13-24-22-11-4-6-15-27(22)37(32(24)25)28(23)19-21/h1-19H. The van der Waals surface area contributed by atoms with Gasteiger partial charge >= 0.3 is 0 Å². The lowest BCUT2D eigenvalue weighted by Gasteiger charge is -2.07. The molecule has 0 amide bonds. The van der Waals surface area contributed by atoms with Crippen LogP contribution in [-0.4, -0.2) is 14.4 Å². The number of aromatic nitrogens is 3. The minimum absolute atomic E-state index is 0.604. The van der Waals surface area contributed by atoms with Gasteiger partial charge in [-0.25, -0.2) is 4.98 Å². The van der Waals surface area contributed by atoms with Crippen LogP contribution in [0.2, 0.25) is 0 Å². The Balaban J connectivity index is 1.38. The van der Waals surface area contributed by atoms with Crippen LogP contribution in [0.1, 0.15) is 0 Å². The van der Waals surface area contributed by atoms with Gasteiger partial charge in [0.25, 0.3) is 0 Å². The van der Waals surface area contributed by atoms with Gasteiger partial charge in [-0.05, 0) is 18.2 Å². The van der Waals surface area contributed by atoms with Gasteiger partial charge in [0.05, 0.1) is 27.6 Å². The van der Waals surface area contributed by atoms with Gasteiger partial charge in [-0.3, -0.25) is 0 Å². The monoisotopic (exact) mass is 485 g/mol. The molecule has 0 aliphatic rings. The van der Waals surface area contributed by atoms with Gasteiger partial charge in [0.1, 0.15) is 5.58 Å². The summed E-state index contributed by atoms with van der Waals surface area (Å²) in [4.78, 5) is 10.1. The van der Waals surface area contributed by atoms with Crippen molar-refractivity contribution in [3.05, 3.63) is 115 Å². The molecule has 0 atom stereocenters. The van der Waals surface area contributed by atoms with E-state index in [1.807, 2.05) is 36.4 Å². The first-order valence-electron chi connectivity index (χ1n) is 12.8. The molecule has 4 nitrogen and oxygen atoms in total. The third-order valence-corrected chi connectivity index (χ3v) is 7.77. The van der Waals surface area contributed by atoms with Gasteiger partial charge in [0.15, 0.2) is 5.82 Å². The Hall–Kier alpha value is -5.22. The first-order valence-corrected chi connectivity index (χ1v) is 12.8. The molecule has 0 bridgehead atoms. The van der Waals surface area contributed by atoms with Crippen molar-refractivity contribution in [2.24, 2.45) is 0 Å². The van der Waals surface area contributed by atoms with E-state index in [0.717, 1.165) is 38.7 Å². The van der Waals surface area contributed by atoms with Crippen molar-refractivity contribution in [1.82, 2.24) is 14.4 Å². The van der Waals surface area contributed by atoms with Crippen molar-refractivity contribution < 1.29 is 4.42 Å². The molecule has 0 saturated heterocycles. The molecule has 5 aromatic carbocycles. The zero-order valence-corrected chi connectivity index (χ0v) is 20.2. The smallest absolute Gasteiger partial charge is 0.231 e. The van der Waals surface area contributed by atoms with Crippen LogP contribution < -0.4 is 0 Å². The Labute approximate surface area is 216 Å². The van der Waals surface area contributed by atoms with Crippen LogP contribution in [0.15, 0.2) is 120 Å². The lowest BCUT2D eigenvalue weighted by molar-refractivity contribution is 0.653. The van der Waals surface area contributed by atoms with Crippen molar-refractivity contribution in [3.63, 3.8) is 0 Å². The second-order valence-corrected chi connectivity index (χ2v) is 9.83. The molecule has 4 aromatic heterocycles. The minimum atomic E-state index is 0.604. The van der Waals surface area contributed by atoms with Crippen LogP contribution in [0.3, 0.4) is 0 Å². The summed E-state index contributed by atoms with van der Waals surface area (Å²) in [5.74, 6) is 0.655. The zero-order valence-electron chi connectivity index (χ0n) is 20.2. The highest BCUT2D eigenvalue weighted by molar-refractivity contribution is 6.23. The van der Waals surface area contributed by atoms with Crippen LogP contribution in [0, 0.1) is 0 Å². The van der Waals surface area contributed by atoms with Crippen LogP contribution in [0.4, 0.5) is 0 Å². The molecular weight excluding hydrogens is 466 g/mol. The summed E-state index contributed by atoms with van der Waals surface area (Å²) >= 11 is 0. The lowest BCUT2D eigenvalue weighted by atomic mass is 10.0. The number of fused-ring (bicyclic) bond motifs is 9. The fourth-order valence-corrected chi connectivity index (χ4v) is 6.13. The molecule has 9 rings (SSSR count). The fourth-order valence-electron chi connectivity index (χ4n) is 6.13. The highest BCUT2D eigenvalue weighted by Crippen LogP contribution is 2.41. The van der Waals surface area contributed by atoms with Gasteiger partial charge in [0, 0.05) is 38.1 Å². The Morgan fingerprint density at radius 2 is 1.24 bits per heavy atom. The molecule has 4 heteroatoms. The molecule has 0 spiro atoms. The Morgan fingerprint density at radius 1 is 0.526 bits per heavy atom. The maximum absolute atomic E-state index is 6.26. The number of rotatable bonds is 2. The summed E-state index contributed by atoms with van der Waals surface area (Å²) in [5, 5.41) is 7.02. The van der Waals surface area contributed by atoms with E-state index in [9.17, 15) is 0 Å². The highest BCUT2D eigenvalue weighted by Gasteiger charge is 2.20. The topological polar surface area (TPSA) is 43.3 Å². The molecule has 0 fully saturated rings. The second kappa shape index (κ2) is 7.17. The molecule has 0 saturated carbocycles. The van der Waals surface area contributed by atoms with Gasteiger partial charge in [-0.15, -0.1) is 0 Å². The molecule has 0 N–H and O–H groups in total. The third kappa shape index (κ3) is 2.53. The van der Waals surface area contributed by atoms with Crippen LogP contribution >= 0.6 is 0 Å². The zero-order chi connectivity index (χ0) is 24.8. The summed E-state index contributed by atoms with van der Waals surface area (Å²) in [6.07, 6.45) is 0. The van der Waals surface area contributed by atoms with Crippen molar-refractivity contribution in [1.29, 1.82) is 0 Å². The van der Waals surface area contributed by atoms with Gasteiger partial charge < -0.3 is 8.82 Å². The van der Waals surface area contributed by atoms with Gasteiger partial charge in [-0.1, -0.05) is 97.1 Å². The first-order chi connectivity index (χ1) is 18.8. The van der Waals surface area contributed by atoms with Gasteiger partial charge in [-0.2, -0.15) is 4.98 Å². The Kier molecular flexibility index (Phi) is 3.76. The molecule has 4 heterocycles. The molecule has 0 aliphatic heterocycles. The van der Waals surface area contributed by atoms with Crippen molar-refractivity contribution in [2.45, 2.75) is 0 Å². The summed E-state index contributed by atoms with van der Waals surface area (Å²) in [6.45, 7) is 0. The van der Waals surface area contributed by atoms with Gasteiger partial charge in [0.2, 0.25) is 5.71 Å². The highest BCUT2D eigenvalue weighted by atomic mass is 16.3. The van der Waals surface area contributed by atoms with E-state index in [1.54, 1.807) is 0 Å². The largest absolute Gasteiger partial charge is 0.438 e. The summed E-state index contributed by atoms with van der Waals surface area (Å²) in [6, 6.07) is 40.1. The summed E-state index contributed by atoms with van der Waals surface area (Å²) in [5.41, 5.74) is 7.94. The maximum Gasteiger partial charge on any atom is 0.231 e. The number of benzene rings is 5. The van der Waals surface area contributed by atoms with E-state index in [-0.39, 0.29) is 0 Å². The summed E-state index contributed by atoms with van der Waals surface area (Å²) in [7, 11) is 0. The van der Waals surface area contributed by atoms with Crippen molar-refractivity contribution in [3.8, 4) is 22.6 Å². The molecule has 0 aliphatic carbocycles. The quantitative estimate of drug-likeness (QED) is 0.246. The number of hydrogen-bond acceptors (Lipinski definition) is 3. The fraction of sp³-hybridized carbons (Fsp3) is 0. The maximum atomic E-state index is 6.26. The van der Waals surface area contributed by atoms with E-state index in [4.69, 9.17) is 14.4 Å². The van der Waals surface area contributed by atoms with Crippen molar-refractivity contribution in [2.75, 3.05) is 0 Å².